The van der Waals surface area contributed by atoms with Gasteiger partial charge in [-0.25, -0.2) is 9.37 Å². The molecule has 1 aliphatic rings. The molecule has 0 fully saturated rings. The highest BCUT2D eigenvalue weighted by Crippen LogP contribution is 2.38. The lowest BCUT2D eigenvalue weighted by Crippen LogP contribution is -1.96. The molecule has 3 aromatic rings. The first-order valence-corrected chi connectivity index (χ1v) is 8.29. The fraction of sp³-hybridized carbons (Fsp3) is 0.167. The minimum Gasteiger partial charge on any atom is -0.492 e. The predicted molar refractivity (Wildman–Crippen MR) is 87.5 cm³/mol. The first kappa shape index (κ1) is 14.2. The van der Waals surface area contributed by atoms with E-state index in [1.165, 1.54) is 23.5 Å². The Morgan fingerprint density at radius 1 is 1.26 bits per heavy atom. The zero-order valence-corrected chi connectivity index (χ0v) is 13.1. The van der Waals surface area contributed by atoms with E-state index in [9.17, 15) is 4.39 Å². The first-order chi connectivity index (χ1) is 11.3. The summed E-state index contributed by atoms with van der Waals surface area (Å²) in [6, 6.07) is 10.7. The van der Waals surface area contributed by atoms with Gasteiger partial charge in [-0.2, -0.15) is 0 Å². The molecule has 4 rings (SSSR count). The molecule has 5 heteroatoms. The number of fused-ring (bicyclic) bond motifs is 1. The molecule has 2 heterocycles. The van der Waals surface area contributed by atoms with Crippen LogP contribution >= 0.6 is 11.3 Å². The third-order valence-corrected chi connectivity index (χ3v) is 4.40. The summed E-state index contributed by atoms with van der Waals surface area (Å²) in [6.07, 6.45) is 0.895. The molecule has 0 bridgehead atoms. The second kappa shape index (κ2) is 6.01. The van der Waals surface area contributed by atoms with E-state index in [4.69, 9.17) is 9.47 Å². The fourth-order valence-corrected chi connectivity index (χ4v) is 3.25. The van der Waals surface area contributed by atoms with E-state index in [1.807, 2.05) is 29.6 Å². The molecule has 3 nitrogen and oxygen atoms in total. The van der Waals surface area contributed by atoms with Crippen molar-refractivity contribution in [3.8, 4) is 22.6 Å². The quantitative estimate of drug-likeness (QED) is 0.709. The average Bonchev–Trinajstić information content (AvgIpc) is 3.23. The Kier molecular flexibility index (Phi) is 3.71. The van der Waals surface area contributed by atoms with Crippen molar-refractivity contribution in [3.63, 3.8) is 0 Å². The highest BCUT2D eigenvalue weighted by molar-refractivity contribution is 7.07. The summed E-state index contributed by atoms with van der Waals surface area (Å²) >= 11 is 1.51. The van der Waals surface area contributed by atoms with E-state index in [0.29, 0.717) is 19.0 Å². The molecule has 0 aliphatic carbocycles. The maximum Gasteiger partial charge on any atom is 0.131 e. The molecular weight excluding hydrogens is 313 g/mol. The van der Waals surface area contributed by atoms with Gasteiger partial charge in [0.15, 0.2) is 0 Å². The van der Waals surface area contributed by atoms with Gasteiger partial charge in [-0.15, -0.1) is 11.3 Å². The highest BCUT2D eigenvalue weighted by atomic mass is 32.1. The summed E-state index contributed by atoms with van der Waals surface area (Å²) in [7, 11) is 0. The van der Waals surface area contributed by atoms with Crippen LogP contribution in [0.4, 0.5) is 4.39 Å². The molecule has 116 valence electrons. The number of hydrogen-bond acceptors (Lipinski definition) is 4. The van der Waals surface area contributed by atoms with Crippen LogP contribution in [0.15, 0.2) is 47.3 Å². The van der Waals surface area contributed by atoms with Gasteiger partial charge in [0.2, 0.25) is 0 Å². The first-order valence-electron chi connectivity index (χ1n) is 7.35. The number of nitrogens with zero attached hydrogens (tertiary/aromatic N) is 1. The van der Waals surface area contributed by atoms with Gasteiger partial charge in [-0.05, 0) is 23.3 Å². The Morgan fingerprint density at radius 2 is 2.22 bits per heavy atom. The van der Waals surface area contributed by atoms with Crippen molar-refractivity contribution in [2.75, 3.05) is 6.61 Å². The normalized spacial score (nSPS) is 12.7. The molecule has 0 atom stereocenters. The third-order valence-electron chi connectivity index (χ3n) is 3.77. The molecule has 1 aromatic heterocycles. The predicted octanol–water partition coefficient (Wildman–Crippen LogP) is 4.46. The number of para-hydroxylation sites is 1. The van der Waals surface area contributed by atoms with Crippen LogP contribution in [0.2, 0.25) is 0 Å². The Hall–Kier alpha value is -2.40. The van der Waals surface area contributed by atoms with Crippen LogP contribution in [0.1, 0.15) is 11.3 Å². The van der Waals surface area contributed by atoms with Crippen LogP contribution in [0.3, 0.4) is 0 Å². The van der Waals surface area contributed by atoms with E-state index in [-0.39, 0.29) is 5.82 Å². The van der Waals surface area contributed by atoms with Gasteiger partial charge in [0.1, 0.15) is 23.9 Å². The van der Waals surface area contributed by atoms with Crippen molar-refractivity contribution in [1.29, 1.82) is 0 Å². The van der Waals surface area contributed by atoms with Gasteiger partial charge < -0.3 is 9.47 Å². The number of aromatic nitrogens is 1. The minimum atomic E-state index is -0.327. The molecule has 0 saturated heterocycles. The van der Waals surface area contributed by atoms with Crippen molar-refractivity contribution in [3.05, 3.63) is 64.4 Å². The van der Waals surface area contributed by atoms with E-state index in [2.05, 4.69) is 4.98 Å². The Morgan fingerprint density at radius 3 is 3.09 bits per heavy atom. The molecule has 0 amide bonds. The average molecular weight is 327 g/mol. The molecule has 1 aliphatic heterocycles. The van der Waals surface area contributed by atoms with Crippen LogP contribution in [0, 0.1) is 5.82 Å². The molecule has 23 heavy (non-hydrogen) atoms. The van der Waals surface area contributed by atoms with Crippen LogP contribution in [-0.4, -0.2) is 11.6 Å². The number of hydrogen-bond donors (Lipinski definition) is 0. The Balaban J connectivity index is 1.66. The number of ether oxygens (including phenoxy) is 2. The van der Waals surface area contributed by atoms with Crippen molar-refractivity contribution in [2.24, 2.45) is 0 Å². The van der Waals surface area contributed by atoms with E-state index < -0.39 is 0 Å². The largest absolute Gasteiger partial charge is 0.492 e. The summed E-state index contributed by atoms with van der Waals surface area (Å²) < 4.78 is 25.4. The standard InChI is InChI=1S/C18H14FNO2S/c19-14-6-13(17-3-1-2-12-4-5-21-18(12)17)7-16(8-14)22-9-15-10-23-11-20-15/h1-3,6-8,10-11H,4-5,9H2. The molecule has 0 N–H and O–H groups in total. The lowest BCUT2D eigenvalue weighted by atomic mass is 10.0. The maximum absolute atomic E-state index is 14.0. The SMILES string of the molecule is Fc1cc(OCc2cscn2)cc(-c2cccc3c2OCC3)c1. The maximum atomic E-state index is 14.0. The topological polar surface area (TPSA) is 31.4 Å². The zero-order chi connectivity index (χ0) is 15.6. The Labute approximate surface area is 137 Å². The van der Waals surface area contributed by atoms with Crippen LogP contribution in [0.5, 0.6) is 11.5 Å². The lowest BCUT2D eigenvalue weighted by Gasteiger charge is -2.11. The lowest BCUT2D eigenvalue weighted by molar-refractivity contribution is 0.300. The summed E-state index contributed by atoms with van der Waals surface area (Å²) in [4.78, 5) is 4.16. The molecular formula is C18H14FNO2S. The summed E-state index contributed by atoms with van der Waals surface area (Å²) in [5.74, 6) is 1.01. The molecule has 2 aromatic carbocycles. The summed E-state index contributed by atoms with van der Waals surface area (Å²) in [5, 5.41) is 1.91. The molecule has 0 saturated carbocycles. The van der Waals surface area contributed by atoms with Gasteiger partial charge in [0.25, 0.3) is 0 Å². The molecule has 0 radical (unpaired) electrons. The monoisotopic (exact) mass is 327 g/mol. The third kappa shape index (κ3) is 2.92. The van der Waals surface area contributed by atoms with Crippen molar-refractivity contribution in [2.45, 2.75) is 13.0 Å². The number of halogens is 1. The summed E-state index contributed by atoms with van der Waals surface area (Å²) in [6.45, 7) is 1.00. The van der Waals surface area contributed by atoms with Gasteiger partial charge in [-0.1, -0.05) is 18.2 Å². The second-order valence-corrected chi connectivity index (χ2v) is 6.06. The number of benzene rings is 2. The zero-order valence-electron chi connectivity index (χ0n) is 12.3. The van der Waals surface area contributed by atoms with Gasteiger partial charge in [0.05, 0.1) is 17.8 Å². The fourth-order valence-electron chi connectivity index (χ4n) is 2.71. The van der Waals surface area contributed by atoms with Crippen molar-refractivity contribution in [1.82, 2.24) is 4.98 Å². The van der Waals surface area contributed by atoms with E-state index in [0.717, 1.165) is 34.6 Å². The van der Waals surface area contributed by atoms with Crippen LogP contribution < -0.4 is 9.47 Å². The van der Waals surface area contributed by atoms with E-state index >= 15 is 0 Å². The van der Waals surface area contributed by atoms with Gasteiger partial charge >= 0.3 is 0 Å². The minimum absolute atomic E-state index is 0.327. The second-order valence-electron chi connectivity index (χ2n) is 5.34. The smallest absolute Gasteiger partial charge is 0.131 e. The van der Waals surface area contributed by atoms with Crippen molar-refractivity contribution < 1.29 is 13.9 Å². The van der Waals surface area contributed by atoms with Crippen LogP contribution in [-0.2, 0) is 13.0 Å². The number of thiazole rings is 1. The van der Waals surface area contributed by atoms with Gasteiger partial charge in [0, 0.05) is 23.4 Å². The van der Waals surface area contributed by atoms with Gasteiger partial charge in [-0.3, -0.25) is 0 Å². The van der Waals surface area contributed by atoms with Crippen LogP contribution in [0.25, 0.3) is 11.1 Å². The molecule has 0 unspecified atom stereocenters. The highest BCUT2D eigenvalue weighted by Gasteiger charge is 2.17. The summed E-state index contributed by atoms with van der Waals surface area (Å²) in [5.41, 5.74) is 5.41. The van der Waals surface area contributed by atoms with Crippen molar-refractivity contribution >= 4 is 11.3 Å². The van der Waals surface area contributed by atoms with E-state index in [1.54, 1.807) is 5.51 Å². The molecule has 0 spiro atoms. The number of rotatable bonds is 4. The Bertz CT molecular complexity index is 833.